The number of imidazole rings is 1. The molecule has 3 heterocycles. The Bertz CT molecular complexity index is 718. The first kappa shape index (κ1) is 11.3. The summed E-state index contributed by atoms with van der Waals surface area (Å²) in [5.74, 6) is 0. The van der Waals surface area contributed by atoms with Gasteiger partial charge in [0.15, 0.2) is 0 Å². The van der Waals surface area contributed by atoms with E-state index in [1.807, 2.05) is 6.20 Å². The van der Waals surface area contributed by atoms with Crippen molar-refractivity contribution in [1.82, 2.24) is 19.3 Å². The van der Waals surface area contributed by atoms with Crippen LogP contribution < -0.4 is 0 Å². The first-order valence-corrected chi connectivity index (χ1v) is 6.17. The largest absolute Gasteiger partial charge is 0.347 e. The molecular weight excluding hydrogens is 224 g/mol. The molecule has 3 aromatic rings. The molecular formula is C14H18N4. The number of aromatic amines is 1. The van der Waals surface area contributed by atoms with Gasteiger partial charge in [-0.25, -0.2) is 4.98 Å². The van der Waals surface area contributed by atoms with Gasteiger partial charge in [0, 0.05) is 23.8 Å². The Labute approximate surface area is 106 Å². The van der Waals surface area contributed by atoms with E-state index in [-0.39, 0.29) is 0 Å². The summed E-state index contributed by atoms with van der Waals surface area (Å²) in [6, 6.07) is 4.33. The van der Waals surface area contributed by atoms with Crippen LogP contribution in [0.1, 0.15) is 17.0 Å². The summed E-state index contributed by atoms with van der Waals surface area (Å²) in [7, 11) is 4.18. The van der Waals surface area contributed by atoms with Crippen LogP contribution in [0.3, 0.4) is 0 Å². The van der Waals surface area contributed by atoms with Gasteiger partial charge in [-0.05, 0) is 45.6 Å². The van der Waals surface area contributed by atoms with E-state index in [4.69, 9.17) is 0 Å². The SMILES string of the molecule is Cc1nc2cc(CN(C)C)c3cc[nH]c3n2c1C. The first-order valence-electron chi connectivity index (χ1n) is 6.17. The molecule has 0 saturated heterocycles. The van der Waals surface area contributed by atoms with Crippen molar-refractivity contribution in [1.29, 1.82) is 0 Å². The van der Waals surface area contributed by atoms with Crippen molar-refractivity contribution in [2.24, 2.45) is 0 Å². The molecule has 0 radical (unpaired) electrons. The summed E-state index contributed by atoms with van der Waals surface area (Å²) in [5.41, 5.74) is 5.77. The minimum Gasteiger partial charge on any atom is -0.347 e. The van der Waals surface area contributed by atoms with E-state index in [0.29, 0.717) is 0 Å². The van der Waals surface area contributed by atoms with Crippen LogP contribution >= 0.6 is 0 Å². The Morgan fingerprint density at radius 3 is 2.83 bits per heavy atom. The van der Waals surface area contributed by atoms with Gasteiger partial charge in [0.1, 0.15) is 11.3 Å². The summed E-state index contributed by atoms with van der Waals surface area (Å²) >= 11 is 0. The zero-order chi connectivity index (χ0) is 12.9. The van der Waals surface area contributed by atoms with Gasteiger partial charge in [0.2, 0.25) is 0 Å². The molecule has 3 rings (SSSR count). The second-order valence-electron chi connectivity index (χ2n) is 5.12. The van der Waals surface area contributed by atoms with Gasteiger partial charge in [-0.3, -0.25) is 4.40 Å². The van der Waals surface area contributed by atoms with Crippen LogP contribution in [0.25, 0.3) is 16.7 Å². The number of hydrogen-bond acceptors (Lipinski definition) is 2. The molecule has 0 atom stereocenters. The Hall–Kier alpha value is -1.81. The lowest BCUT2D eigenvalue weighted by Gasteiger charge is -2.11. The number of fused-ring (bicyclic) bond motifs is 3. The molecule has 0 aromatic carbocycles. The molecule has 4 heteroatoms. The second kappa shape index (κ2) is 3.85. The van der Waals surface area contributed by atoms with Crippen molar-refractivity contribution in [2.45, 2.75) is 20.4 Å². The Kier molecular flexibility index (Phi) is 2.41. The molecule has 18 heavy (non-hydrogen) atoms. The monoisotopic (exact) mass is 242 g/mol. The van der Waals surface area contributed by atoms with E-state index < -0.39 is 0 Å². The number of nitrogens with one attached hydrogen (secondary N) is 1. The summed E-state index contributed by atoms with van der Waals surface area (Å²) in [5, 5.41) is 1.27. The Morgan fingerprint density at radius 1 is 1.33 bits per heavy atom. The lowest BCUT2D eigenvalue weighted by atomic mass is 10.1. The standard InChI is InChI=1S/C14H18N4/c1-9-10(2)18-13(16-9)7-11(8-17(3)4)12-5-6-15-14(12)18/h5-7,15H,8H2,1-4H3. The zero-order valence-corrected chi connectivity index (χ0v) is 11.3. The highest BCUT2D eigenvalue weighted by Crippen LogP contribution is 2.24. The number of hydrogen-bond donors (Lipinski definition) is 1. The lowest BCUT2D eigenvalue weighted by Crippen LogP contribution is -2.11. The number of rotatable bonds is 2. The average Bonchev–Trinajstić information content (AvgIpc) is 2.85. The Balaban J connectivity index is 2.39. The molecule has 0 aliphatic carbocycles. The van der Waals surface area contributed by atoms with Crippen LogP contribution in [0.4, 0.5) is 0 Å². The number of H-pyrrole nitrogens is 1. The lowest BCUT2D eigenvalue weighted by molar-refractivity contribution is 0.404. The van der Waals surface area contributed by atoms with Crippen molar-refractivity contribution in [3.8, 4) is 0 Å². The Morgan fingerprint density at radius 2 is 2.11 bits per heavy atom. The maximum Gasteiger partial charge on any atom is 0.139 e. The molecule has 0 aliphatic heterocycles. The van der Waals surface area contributed by atoms with E-state index in [9.17, 15) is 0 Å². The van der Waals surface area contributed by atoms with Gasteiger partial charge in [-0.15, -0.1) is 0 Å². The molecule has 94 valence electrons. The molecule has 0 saturated carbocycles. The summed E-state index contributed by atoms with van der Waals surface area (Å²) in [6.07, 6.45) is 2.00. The van der Waals surface area contributed by atoms with Gasteiger partial charge in [-0.2, -0.15) is 0 Å². The van der Waals surface area contributed by atoms with E-state index >= 15 is 0 Å². The van der Waals surface area contributed by atoms with Crippen molar-refractivity contribution in [3.63, 3.8) is 0 Å². The smallest absolute Gasteiger partial charge is 0.139 e. The third kappa shape index (κ3) is 1.53. The zero-order valence-electron chi connectivity index (χ0n) is 11.3. The quantitative estimate of drug-likeness (QED) is 0.749. The summed E-state index contributed by atoms with van der Waals surface area (Å²) < 4.78 is 2.20. The fraction of sp³-hybridized carbons (Fsp3) is 0.357. The van der Waals surface area contributed by atoms with E-state index in [0.717, 1.165) is 23.5 Å². The molecule has 4 nitrogen and oxygen atoms in total. The number of nitrogens with zero attached hydrogens (tertiary/aromatic N) is 3. The van der Waals surface area contributed by atoms with Crippen LogP contribution in [-0.2, 0) is 6.54 Å². The molecule has 0 aliphatic rings. The van der Waals surface area contributed by atoms with Crippen LogP contribution in [-0.4, -0.2) is 33.4 Å². The predicted molar refractivity (Wildman–Crippen MR) is 73.9 cm³/mol. The molecule has 1 N–H and O–H groups in total. The van der Waals surface area contributed by atoms with Gasteiger partial charge in [-0.1, -0.05) is 0 Å². The molecule has 0 spiro atoms. The average molecular weight is 242 g/mol. The van der Waals surface area contributed by atoms with E-state index in [2.05, 4.69) is 59.3 Å². The van der Waals surface area contributed by atoms with Crippen LogP contribution in [0, 0.1) is 13.8 Å². The van der Waals surface area contributed by atoms with E-state index in [1.54, 1.807) is 0 Å². The van der Waals surface area contributed by atoms with Crippen molar-refractivity contribution in [2.75, 3.05) is 14.1 Å². The number of aromatic nitrogens is 3. The predicted octanol–water partition coefficient (Wildman–Crippen LogP) is 2.49. The van der Waals surface area contributed by atoms with Crippen molar-refractivity contribution < 1.29 is 0 Å². The van der Waals surface area contributed by atoms with Crippen LogP contribution in [0.5, 0.6) is 0 Å². The fourth-order valence-corrected chi connectivity index (χ4v) is 2.53. The number of pyridine rings is 1. The molecule has 0 amide bonds. The maximum absolute atomic E-state index is 4.63. The highest BCUT2D eigenvalue weighted by molar-refractivity contribution is 5.83. The van der Waals surface area contributed by atoms with Crippen LogP contribution in [0.2, 0.25) is 0 Å². The van der Waals surface area contributed by atoms with Crippen LogP contribution in [0.15, 0.2) is 18.3 Å². The van der Waals surface area contributed by atoms with Gasteiger partial charge >= 0.3 is 0 Å². The molecule has 0 fully saturated rings. The third-order valence-electron chi connectivity index (χ3n) is 3.46. The normalized spacial score (nSPS) is 12.1. The van der Waals surface area contributed by atoms with Gasteiger partial charge in [0.05, 0.1) is 5.69 Å². The topological polar surface area (TPSA) is 36.3 Å². The molecule has 0 bridgehead atoms. The van der Waals surface area contributed by atoms with Crippen molar-refractivity contribution in [3.05, 3.63) is 35.3 Å². The first-order chi connectivity index (χ1) is 8.58. The summed E-state index contributed by atoms with van der Waals surface area (Å²) in [4.78, 5) is 10.2. The number of aryl methyl sites for hydroxylation is 2. The minimum absolute atomic E-state index is 0.926. The van der Waals surface area contributed by atoms with Gasteiger partial charge < -0.3 is 9.88 Å². The summed E-state index contributed by atoms with van der Waals surface area (Å²) in [6.45, 7) is 5.10. The van der Waals surface area contributed by atoms with Gasteiger partial charge in [0.25, 0.3) is 0 Å². The van der Waals surface area contributed by atoms with Crippen molar-refractivity contribution >= 4 is 16.7 Å². The third-order valence-corrected chi connectivity index (χ3v) is 3.46. The second-order valence-corrected chi connectivity index (χ2v) is 5.12. The molecule has 0 unspecified atom stereocenters. The highest BCUT2D eigenvalue weighted by Gasteiger charge is 2.12. The van der Waals surface area contributed by atoms with E-state index in [1.165, 1.54) is 16.6 Å². The minimum atomic E-state index is 0.926. The highest BCUT2D eigenvalue weighted by atomic mass is 15.1. The maximum atomic E-state index is 4.63. The molecule has 3 aromatic heterocycles. The fourth-order valence-electron chi connectivity index (χ4n) is 2.53.